The fourth-order valence-electron chi connectivity index (χ4n) is 4.13. The molecule has 2 aliphatic heterocycles. The minimum absolute atomic E-state index is 0.0392. The van der Waals surface area contributed by atoms with Crippen molar-refractivity contribution in [1.82, 2.24) is 20.3 Å². The number of ether oxygens (including phenoxy) is 1. The molecule has 2 aliphatic rings. The Morgan fingerprint density at radius 3 is 2.62 bits per heavy atom. The molecule has 9 heteroatoms. The molecule has 170 valence electrons. The van der Waals surface area contributed by atoms with E-state index in [0.29, 0.717) is 18.3 Å². The zero-order valence-electron chi connectivity index (χ0n) is 18.9. The maximum absolute atomic E-state index is 12.8. The van der Waals surface area contributed by atoms with E-state index in [0.717, 1.165) is 37.2 Å². The Bertz CT molecular complexity index is 1010. The maximum Gasteiger partial charge on any atom is 0.321 e. The third-order valence-electron chi connectivity index (χ3n) is 6.19. The number of carbonyl (C=O) groups is 2. The van der Waals surface area contributed by atoms with E-state index in [1.807, 2.05) is 32.0 Å². The van der Waals surface area contributed by atoms with Crippen LogP contribution in [0.5, 0.6) is 6.01 Å². The number of amides is 2. The molecule has 2 fully saturated rings. The Kier molecular flexibility index (Phi) is 6.53. The van der Waals surface area contributed by atoms with Gasteiger partial charge in [0.25, 0.3) is 0 Å². The zero-order valence-corrected chi connectivity index (χ0v) is 18.9. The lowest BCUT2D eigenvalue weighted by atomic mass is 10.1. The van der Waals surface area contributed by atoms with Gasteiger partial charge in [-0.25, -0.2) is 0 Å². The molecule has 4 rings (SSSR count). The number of rotatable bonds is 6. The molecule has 2 amide bonds. The first-order valence-electron chi connectivity index (χ1n) is 11.1. The summed E-state index contributed by atoms with van der Waals surface area (Å²) in [7, 11) is 1.52. The van der Waals surface area contributed by atoms with Crippen LogP contribution in [0.25, 0.3) is 0 Å². The van der Waals surface area contributed by atoms with Crippen molar-refractivity contribution in [2.45, 2.75) is 46.1 Å². The molecule has 0 saturated carbocycles. The van der Waals surface area contributed by atoms with Gasteiger partial charge >= 0.3 is 6.01 Å². The van der Waals surface area contributed by atoms with Crippen LogP contribution in [0.4, 0.5) is 11.6 Å². The van der Waals surface area contributed by atoms with Gasteiger partial charge in [-0.2, -0.15) is 15.0 Å². The highest BCUT2D eigenvalue weighted by molar-refractivity contribution is 6.00. The van der Waals surface area contributed by atoms with Crippen LogP contribution in [-0.4, -0.2) is 53.5 Å². The van der Waals surface area contributed by atoms with Gasteiger partial charge in [0.2, 0.25) is 17.8 Å². The van der Waals surface area contributed by atoms with Gasteiger partial charge in [-0.15, -0.1) is 0 Å². The van der Waals surface area contributed by atoms with Gasteiger partial charge in [-0.1, -0.05) is 6.07 Å². The van der Waals surface area contributed by atoms with E-state index in [4.69, 9.17) is 4.74 Å². The predicted octanol–water partition coefficient (Wildman–Crippen LogP) is 2.16. The lowest BCUT2D eigenvalue weighted by Gasteiger charge is -2.26. The van der Waals surface area contributed by atoms with E-state index in [1.165, 1.54) is 19.1 Å². The molecule has 0 radical (unpaired) electrons. The highest BCUT2D eigenvalue weighted by Gasteiger charge is 2.35. The van der Waals surface area contributed by atoms with Crippen molar-refractivity contribution in [1.29, 1.82) is 0 Å². The second-order valence-electron chi connectivity index (χ2n) is 8.48. The smallest absolute Gasteiger partial charge is 0.321 e. The third kappa shape index (κ3) is 4.81. The Labute approximate surface area is 188 Å². The molecular weight excluding hydrogens is 408 g/mol. The lowest BCUT2D eigenvalue weighted by Crippen LogP contribution is -2.34. The van der Waals surface area contributed by atoms with Crippen molar-refractivity contribution >= 4 is 23.5 Å². The van der Waals surface area contributed by atoms with E-state index >= 15 is 0 Å². The van der Waals surface area contributed by atoms with E-state index in [-0.39, 0.29) is 30.8 Å². The first-order valence-corrected chi connectivity index (χ1v) is 11.1. The number of hydrogen-bond acceptors (Lipinski definition) is 7. The second kappa shape index (κ2) is 9.50. The summed E-state index contributed by atoms with van der Waals surface area (Å²) >= 11 is 0. The molecule has 1 aromatic heterocycles. The number of anilines is 2. The van der Waals surface area contributed by atoms with Gasteiger partial charge in [0.1, 0.15) is 0 Å². The third-order valence-corrected chi connectivity index (χ3v) is 6.19. The summed E-state index contributed by atoms with van der Waals surface area (Å²) in [5.41, 5.74) is 3.13. The Hall–Kier alpha value is -3.23. The van der Waals surface area contributed by atoms with E-state index in [9.17, 15) is 9.59 Å². The van der Waals surface area contributed by atoms with Crippen LogP contribution in [-0.2, 0) is 16.1 Å². The summed E-state index contributed by atoms with van der Waals surface area (Å²) in [5.74, 6) is 0.402. The van der Waals surface area contributed by atoms with Crippen molar-refractivity contribution in [2.24, 2.45) is 5.92 Å². The fraction of sp³-hybridized carbons (Fsp3) is 0.522. The fourth-order valence-corrected chi connectivity index (χ4v) is 4.13. The average Bonchev–Trinajstić information content (AvgIpc) is 3.21. The Morgan fingerprint density at radius 2 is 1.91 bits per heavy atom. The predicted molar refractivity (Wildman–Crippen MR) is 121 cm³/mol. The molecule has 1 aromatic carbocycles. The first kappa shape index (κ1) is 22.0. The van der Waals surface area contributed by atoms with E-state index < -0.39 is 5.92 Å². The van der Waals surface area contributed by atoms with Crippen LogP contribution in [0.3, 0.4) is 0 Å². The van der Waals surface area contributed by atoms with Gasteiger partial charge < -0.3 is 19.9 Å². The molecule has 9 nitrogen and oxygen atoms in total. The number of piperidine rings is 1. The summed E-state index contributed by atoms with van der Waals surface area (Å²) < 4.78 is 5.24. The standard InChI is InChI=1S/C23H30N6O3/c1-15-7-8-18(11-16(15)2)29-14-17(12-20(29)30)21(31)24-13-19-25-22(27-23(26-19)32-3)28-9-5-4-6-10-28/h7-8,11,17H,4-6,9-10,12-14H2,1-3H3,(H,24,31). The monoisotopic (exact) mass is 438 g/mol. The number of aryl methyl sites for hydroxylation is 2. The molecule has 1 atom stereocenters. The molecule has 2 saturated heterocycles. The van der Waals surface area contributed by atoms with Crippen molar-refractivity contribution in [2.75, 3.05) is 36.5 Å². The number of nitrogens with zero attached hydrogens (tertiary/aromatic N) is 5. The minimum atomic E-state index is -0.408. The Morgan fingerprint density at radius 1 is 1.12 bits per heavy atom. The zero-order chi connectivity index (χ0) is 22.7. The normalized spacial score (nSPS) is 18.7. The molecule has 0 aliphatic carbocycles. The van der Waals surface area contributed by atoms with Crippen LogP contribution < -0.4 is 19.9 Å². The van der Waals surface area contributed by atoms with Crippen LogP contribution in [0.1, 0.15) is 42.6 Å². The van der Waals surface area contributed by atoms with Crippen molar-refractivity contribution in [3.8, 4) is 6.01 Å². The van der Waals surface area contributed by atoms with Crippen molar-refractivity contribution < 1.29 is 14.3 Å². The van der Waals surface area contributed by atoms with Gasteiger partial charge in [-0.3, -0.25) is 9.59 Å². The molecule has 3 heterocycles. The second-order valence-corrected chi connectivity index (χ2v) is 8.48. The highest BCUT2D eigenvalue weighted by atomic mass is 16.5. The summed E-state index contributed by atoms with van der Waals surface area (Å²) in [6.07, 6.45) is 3.61. The summed E-state index contributed by atoms with van der Waals surface area (Å²) in [6.45, 7) is 6.38. The molecule has 1 unspecified atom stereocenters. The average molecular weight is 439 g/mol. The SMILES string of the molecule is COc1nc(CNC(=O)C2CC(=O)N(c3ccc(C)c(C)c3)C2)nc(N2CCCCC2)n1. The van der Waals surface area contributed by atoms with Gasteiger partial charge in [0, 0.05) is 31.7 Å². The van der Waals surface area contributed by atoms with Crippen molar-refractivity contribution in [3.63, 3.8) is 0 Å². The minimum Gasteiger partial charge on any atom is -0.467 e. The summed E-state index contributed by atoms with van der Waals surface area (Å²) in [4.78, 5) is 42.3. The molecule has 32 heavy (non-hydrogen) atoms. The molecule has 0 spiro atoms. The lowest BCUT2D eigenvalue weighted by molar-refractivity contribution is -0.126. The van der Waals surface area contributed by atoms with Crippen LogP contribution in [0.15, 0.2) is 18.2 Å². The first-order chi connectivity index (χ1) is 15.4. The summed E-state index contributed by atoms with van der Waals surface area (Å²) in [6, 6.07) is 6.16. The topological polar surface area (TPSA) is 101 Å². The molecule has 1 N–H and O–H groups in total. The van der Waals surface area contributed by atoms with E-state index in [1.54, 1.807) is 4.90 Å². The highest BCUT2D eigenvalue weighted by Crippen LogP contribution is 2.27. The van der Waals surface area contributed by atoms with Gasteiger partial charge in [0.05, 0.1) is 19.6 Å². The number of aromatic nitrogens is 3. The quantitative estimate of drug-likeness (QED) is 0.738. The van der Waals surface area contributed by atoms with Crippen LogP contribution in [0.2, 0.25) is 0 Å². The van der Waals surface area contributed by atoms with Crippen LogP contribution >= 0.6 is 0 Å². The van der Waals surface area contributed by atoms with E-state index in [2.05, 4.69) is 25.2 Å². The number of nitrogens with one attached hydrogen (secondary N) is 1. The largest absolute Gasteiger partial charge is 0.467 e. The number of methoxy groups -OCH3 is 1. The van der Waals surface area contributed by atoms with Crippen LogP contribution in [0, 0.1) is 19.8 Å². The van der Waals surface area contributed by atoms with Gasteiger partial charge in [-0.05, 0) is 56.4 Å². The number of hydrogen-bond donors (Lipinski definition) is 1. The molecule has 0 bridgehead atoms. The van der Waals surface area contributed by atoms with Crippen molar-refractivity contribution in [3.05, 3.63) is 35.2 Å². The Balaban J connectivity index is 1.40. The van der Waals surface area contributed by atoms with Gasteiger partial charge in [0.15, 0.2) is 5.82 Å². The maximum atomic E-state index is 12.8. The summed E-state index contributed by atoms with van der Waals surface area (Å²) in [5, 5.41) is 2.89. The molecular formula is C23H30N6O3. The number of benzene rings is 1. The number of carbonyl (C=O) groups excluding carboxylic acids is 2. The molecule has 2 aromatic rings.